The molecular formula is C44H40N2. The van der Waals surface area contributed by atoms with Gasteiger partial charge in [0.2, 0.25) is 0 Å². The minimum atomic E-state index is 1.05. The van der Waals surface area contributed by atoms with Crippen molar-refractivity contribution in [1.82, 2.24) is 9.97 Å². The second-order valence-corrected chi connectivity index (χ2v) is 12.4. The van der Waals surface area contributed by atoms with Gasteiger partial charge in [0.05, 0.1) is 0 Å². The fourth-order valence-electron chi connectivity index (χ4n) is 6.97. The van der Waals surface area contributed by atoms with Crippen LogP contribution in [0.1, 0.15) is 49.6 Å². The summed E-state index contributed by atoms with van der Waals surface area (Å²) in [6, 6.07) is 42.6. The third kappa shape index (κ3) is 5.72. The highest BCUT2D eigenvalue weighted by Crippen LogP contribution is 2.44. The number of pyridine rings is 2. The molecule has 226 valence electrons. The Morgan fingerprint density at radius 1 is 0.457 bits per heavy atom. The zero-order chi connectivity index (χ0) is 31.5. The Labute approximate surface area is 272 Å². The van der Waals surface area contributed by atoms with E-state index in [0.29, 0.717) is 0 Å². The van der Waals surface area contributed by atoms with Crippen molar-refractivity contribution in [3.05, 3.63) is 145 Å². The lowest BCUT2D eigenvalue weighted by atomic mass is 9.84. The first-order valence-electron chi connectivity index (χ1n) is 16.6. The Hall–Kier alpha value is -5.08. The molecule has 0 amide bonds. The molecule has 0 saturated carbocycles. The number of unbranched alkanes of at least 4 members (excludes halogenated alkanes) is 3. The predicted molar refractivity (Wildman–Crippen MR) is 196 cm³/mol. The van der Waals surface area contributed by atoms with Crippen LogP contribution in [0.3, 0.4) is 0 Å². The second kappa shape index (κ2) is 13.1. The average molecular weight is 597 g/mol. The molecular weight excluding hydrogens is 556 g/mol. The van der Waals surface area contributed by atoms with Crippen molar-refractivity contribution < 1.29 is 0 Å². The SMILES string of the molecule is CCCCCCc1ccc2c(-c3ccc(-c4cccnc4C)cc3)c3ccccc3c(-c3ccc(-c4cccnc4C)cc3)c2c1. The van der Waals surface area contributed by atoms with Gasteiger partial charge in [-0.15, -0.1) is 0 Å². The van der Waals surface area contributed by atoms with Gasteiger partial charge in [0.15, 0.2) is 0 Å². The van der Waals surface area contributed by atoms with Crippen LogP contribution in [-0.4, -0.2) is 9.97 Å². The molecule has 0 fully saturated rings. The number of nitrogens with zero attached hydrogens (tertiary/aromatic N) is 2. The van der Waals surface area contributed by atoms with Crippen molar-refractivity contribution in [2.45, 2.75) is 52.9 Å². The fourth-order valence-corrected chi connectivity index (χ4v) is 6.97. The standard InChI is InChI=1S/C44H40N2/c1-4-5-6-7-12-32-17-26-41-42(29-32)44(36-24-20-34(21-25-36)38-16-11-28-46-31(38)3)40-14-9-8-13-39(40)43(41)35-22-18-33(19-23-35)37-15-10-27-45-30(37)2/h8-11,13-29H,4-7,12H2,1-3H3. The molecule has 0 unspecified atom stereocenters. The van der Waals surface area contributed by atoms with Crippen LogP contribution < -0.4 is 0 Å². The molecule has 0 bridgehead atoms. The zero-order valence-corrected chi connectivity index (χ0v) is 27.1. The van der Waals surface area contributed by atoms with Crippen molar-refractivity contribution in [1.29, 1.82) is 0 Å². The van der Waals surface area contributed by atoms with E-state index in [9.17, 15) is 0 Å². The quantitative estimate of drug-likeness (QED) is 0.122. The molecule has 0 radical (unpaired) electrons. The highest BCUT2D eigenvalue weighted by molar-refractivity contribution is 6.21. The van der Waals surface area contributed by atoms with E-state index < -0.39 is 0 Å². The van der Waals surface area contributed by atoms with Crippen molar-refractivity contribution >= 4 is 21.5 Å². The van der Waals surface area contributed by atoms with Crippen molar-refractivity contribution in [3.63, 3.8) is 0 Å². The van der Waals surface area contributed by atoms with Crippen LogP contribution in [0.15, 0.2) is 128 Å². The number of hydrogen-bond donors (Lipinski definition) is 0. The lowest BCUT2D eigenvalue weighted by Gasteiger charge is -2.19. The first-order valence-corrected chi connectivity index (χ1v) is 16.6. The van der Waals surface area contributed by atoms with Gasteiger partial charge in [-0.2, -0.15) is 0 Å². The molecule has 5 aromatic carbocycles. The molecule has 2 heterocycles. The topological polar surface area (TPSA) is 25.8 Å². The maximum absolute atomic E-state index is 4.53. The van der Waals surface area contributed by atoms with E-state index in [1.165, 1.54) is 97.3 Å². The smallest absolute Gasteiger partial charge is 0.0450 e. The largest absolute Gasteiger partial charge is 0.261 e. The van der Waals surface area contributed by atoms with Gasteiger partial charge in [-0.3, -0.25) is 9.97 Å². The molecule has 7 rings (SSSR count). The van der Waals surface area contributed by atoms with Gasteiger partial charge in [0.1, 0.15) is 0 Å². The van der Waals surface area contributed by atoms with Crippen LogP contribution in [0.4, 0.5) is 0 Å². The van der Waals surface area contributed by atoms with Gasteiger partial charge in [-0.1, -0.05) is 129 Å². The molecule has 0 aliphatic heterocycles. The molecule has 0 aliphatic rings. The van der Waals surface area contributed by atoms with E-state index in [1.54, 1.807) is 0 Å². The number of benzene rings is 5. The first-order chi connectivity index (χ1) is 22.6. The normalized spacial score (nSPS) is 11.4. The molecule has 0 saturated heterocycles. The third-order valence-corrected chi connectivity index (χ3v) is 9.39. The number of aromatic nitrogens is 2. The van der Waals surface area contributed by atoms with Gasteiger partial charge < -0.3 is 0 Å². The highest BCUT2D eigenvalue weighted by atomic mass is 14.7. The number of aryl methyl sites for hydroxylation is 3. The van der Waals surface area contributed by atoms with Gasteiger partial charge >= 0.3 is 0 Å². The molecule has 2 aromatic heterocycles. The minimum absolute atomic E-state index is 1.05. The van der Waals surface area contributed by atoms with Crippen LogP contribution >= 0.6 is 0 Å². The maximum Gasteiger partial charge on any atom is 0.0450 e. The number of hydrogen-bond acceptors (Lipinski definition) is 2. The van der Waals surface area contributed by atoms with E-state index in [2.05, 4.69) is 134 Å². The molecule has 2 heteroatoms. The van der Waals surface area contributed by atoms with E-state index in [-0.39, 0.29) is 0 Å². The van der Waals surface area contributed by atoms with Crippen molar-refractivity contribution in [2.75, 3.05) is 0 Å². The zero-order valence-electron chi connectivity index (χ0n) is 27.1. The molecule has 46 heavy (non-hydrogen) atoms. The molecule has 0 atom stereocenters. The Bertz CT molecular complexity index is 2140. The number of rotatable bonds is 9. The van der Waals surface area contributed by atoms with Crippen molar-refractivity contribution in [3.8, 4) is 44.5 Å². The summed E-state index contributed by atoms with van der Waals surface area (Å²) in [5.74, 6) is 0. The van der Waals surface area contributed by atoms with Gasteiger partial charge in [-0.05, 0) is 99.3 Å². The van der Waals surface area contributed by atoms with E-state index in [1.807, 2.05) is 24.5 Å². The number of fused-ring (bicyclic) bond motifs is 2. The Balaban J connectivity index is 1.42. The lowest BCUT2D eigenvalue weighted by Crippen LogP contribution is -1.94. The highest BCUT2D eigenvalue weighted by Gasteiger charge is 2.18. The third-order valence-electron chi connectivity index (χ3n) is 9.39. The monoisotopic (exact) mass is 596 g/mol. The predicted octanol–water partition coefficient (Wildman–Crippen LogP) is 12.2. The van der Waals surface area contributed by atoms with Crippen LogP contribution in [-0.2, 0) is 6.42 Å². The summed E-state index contributed by atoms with van der Waals surface area (Å²) in [6.45, 7) is 6.43. The Kier molecular flexibility index (Phi) is 8.44. The van der Waals surface area contributed by atoms with E-state index in [0.717, 1.165) is 17.8 Å². The molecule has 0 N–H and O–H groups in total. The van der Waals surface area contributed by atoms with Crippen LogP contribution in [0.25, 0.3) is 66.1 Å². The molecule has 0 spiro atoms. The average Bonchev–Trinajstić information content (AvgIpc) is 3.10. The van der Waals surface area contributed by atoms with Crippen molar-refractivity contribution in [2.24, 2.45) is 0 Å². The summed E-state index contributed by atoms with van der Waals surface area (Å²) < 4.78 is 0. The van der Waals surface area contributed by atoms with Crippen LogP contribution in [0.5, 0.6) is 0 Å². The summed E-state index contributed by atoms with van der Waals surface area (Å²) in [7, 11) is 0. The van der Waals surface area contributed by atoms with Gasteiger partial charge in [0, 0.05) is 34.9 Å². The summed E-state index contributed by atoms with van der Waals surface area (Å²) in [6.07, 6.45) is 9.89. The summed E-state index contributed by atoms with van der Waals surface area (Å²) in [5, 5.41) is 5.17. The first kappa shape index (κ1) is 29.6. The van der Waals surface area contributed by atoms with E-state index >= 15 is 0 Å². The summed E-state index contributed by atoms with van der Waals surface area (Å²) in [4.78, 5) is 9.05. The van der Waals surface area contributed by atoms with Crippen LogP contribution in [0.2, 0.25) is 0 Å². The Morgan fingerprint density at radius 2 is 0.957 bits per heavy atom. The molecule has 7 aromatic rings. The minimum Gasteiger partial charge on any atom is -0.261 e. The fraction of sp³-hybridized carbons (Fsp3) is 0.182. The van der Waals surface area contributed by atoms with Crippen LogP contribution in [0, 0.1) is 13.8 Å². The second-order valence-electron chi connectivity index (χ2n) is 12.4. The summed E-state index contributed by atoms with van der Waals surface area (Å²) >= 11 is 0. The molecule has 0 aliphatic carbocycles. The maximum atomic E-state index is 4.53. The van der Waals surface area contributed by atoms with Gasteiger partial charge in [0.25, 0.3) is 0 Å². The molecule has 2 nitrogen and oxygen atoms in total. The van der Waals surface area contributed by atoms with Gasteiger partial charge in [-0.25, -0.2) is 0 Å². The lowest BCUT2D eigenvalue weighted by molar-refractivity contribution is 0.667. The summed E-state index contributed by atoms with van der Waals surface area (Å²) in [5.41, 5.74) is 13.3. The Morgan fingerprint density at radius 3 is 1.48 bits per heavy atom. The van der Waals surface area contributed by atoms with E-state index in [4.69, 9.17) is 0 Å².